The lowest BCUT2D eigenvalue weighted by atomic mass is 9.92. The number of piperazine rings is 1. The molecule has 1 aromatic rings. The smallest absolute Gasteiger partial charge is 0.248 e. The number of aryl methyl sites for hydroxylation is 1. The van der Waals surface area contributed by atoms with Crippen molar-refractivity contribution in [3.8, 4) is 0 Å². The molecule has 2 fully saturated rings. The average Bonchev–Trinajstić information content (AvgIpc) is 3.08. The highest BCUT2D eigenvalue weighted by molar-refractivity contribution is 5.95. The third-order valence-electron chi connectivity index (χ3n) is 5.30. The van der Waals surface area contributed by atoms with Crippen molar-refractivity contribution >= 4 is 17.5 Å². The first kappa shape index (κ1) is 17.7. The third-order valence-corrected chi connectivity index (χ3v) is 5.30. The van der Waals surface area contributed by atoms with Gasteiger partial charge >= 0.3 is 0 Å². The van der Waals surface area contributed by atoms with E-state index in [0.717, 1.165) is 31.4 Å². The first-order chi connectivity index (χ1) is 12.1. The van der Waals surface area contributed by atoms with E-state index in [-0.39, 0.29) is 24.8 Å². The second kappa shape index (κ2) is 7.44. The maximum Gasteiger partial charge on any atom is 0.248 e. The largest absolute Gasteiger partial charge is 0.396 e. The molecule has 0 spiro atoms. The van der Waals surface area contributed by atoms with Crippen molar-refractivity contribution in [2.45, 2.75) is 50.6 Å². The van der Waals surface area contributed by atoms with Crippen molar-refractivity contribution in [2.24, 2.45) is 0 Å². The lowest BCUT2D eigenvalue weighted by Gasteiger charge is -2.41. The van der Waals surface area contributed by atoms with Gasteiger partial charge in [0.15, 0.2) is 0 Å². The van der Waals surface area contributed by atoms with Crippen molar-refractivity contribution in [1.82, 2.24) is 10.2 Å². The Balaban J connectivity index is 1.84. The Morgan fingerprint density at radius 1 is 1.32 bits per heavy atom. The maximum atomic E-state index is 13.4. The zero-order valence-electron chi connectivity index (χ0n) is 14.8. The van der Waals surface area contributed by atoms with E-state index in [4.69, 9.17) is 0 Å². The second-order valence-electron chi connectivity index (χ2n) is 7.10. The topological polar surface area (TPSA) is 81.7 Å². The summed E-state index contributed by atoms with van der Waals surface area (Å²) in [6, 6.07) is 7.47. The van der Waals surface area contributed by atoms with Crippen molar-refractivity contribution in [1.29, 1.82) is 0 Å². The van der Waals surface area contributed by atoms with Crippen molar-refractivity contribution in [2.75, 3.05) is 25.0 Å². The van der Waals surface area contributed by atoms with Gasteiger partial charge in [-0.15, -0.1) is 0 Å². The summed E-state index contributed by atoms with van der Waals surface area (Å²) in [7, 11) is 0. The molecule has 6 heteroatoms. The maximum absolute atomic E-state index is 13.4. The normalized spacial score (nSPS) is 22.6. The summed E-state index contributed by atoms with van der Waals surface area (Å²) in [5.41, 5.74) is 1.45. The Bertz CT molecular complexity index is 623. The molecular weight excluding hydrogens is 318 g/mol. The average molecular weight is 345 g/mol. The van der Waals surface area contributed by atoms with E-state index in [1.165, 1.54) is 5.56 Å². The molecule has 0 unspecified atom stereocenters. The molecule has 136 valence electrons. The zero-order valence-corrected chi connectivity index (χ0v) is 14.8. The molecule has 0 bridgehead atoms. The van der Waals surface area contributed by atoms with E-state index in [1.807, 2.05) is 31.2 Å². The number of hydrogen-bond donors (Lipinski definition) is 3. The molecule has 3 rings (SSSR count). The van der Waals surface area contributed by atoms with Gasteiger partial charge in [-0.05, 0) is 38.3 Å². The van der Waals surface area contributed by atoms with Crippen LogP contribution in [0.4, 0.5) is 5.69 Å². The van der Waals surface area contributed by atoms with Crippen LogP contribution in [0, 0.1) is 6.92 Å². The van der Waals surface area contributed by atoms with E-state index in [9.17, 15) is 14.7 Å². The molecule has 25 heavy (non-hydrogen) atoms. The van der Waals surface area contributed by atoms with Crippen molar-refractivity contribution in [3.63, 3.8) is 0 Å². The Labute approximate surface area is 148 Å². The fourth-order valence-electron chi connectivity index (χ4n) is 3.93. The molecule has 1 heterocycles. The minimum absolute atomic E-state index is 0.0149. The summed E-state index contributed by atoms with van der Waals surface area (Å²) in [5.74, 6) is -0.184. The van der Waals surface area contributed by atoms with Crippen LogP contribution in [0.1, 0.15) is 37.7 Å². The lowest BCUT2D eigenvalue weighted by molar-refractivity contribution is -0.147. The summed E-state index contributed by atoms with van der Waals surface area (Å²) < 4.78 is 0. The molecule has 1 aliphatic heterocycles. The molecule has 1 saturated heterocycles. The predicted octanol–water partition coefficient (Wildman–Crippen LogP) is 1.43. The fourth-order valence-corrected chi connectivity index (χ4v) is 3.93. The van der Waals surface area contributed by atoms with Gasteiger partial charge in [0.25, 0.3) is 0 Å². The predicted molar refractivity (Wildman–Crippen MR) is 96.2 cm³/mol. The molecule has 2 amide bonds. The van der Waals surface area contributed by atoms with Gasteiger partial charge in [-0.2, -0.15) is 0 Å². The van der Waals surface area contributed by atoms with Crippen LogP contribution in [-0.2, 0) is 9.59 Å². The highest BCUT2D eigenvalue weighted by atomic mass is 16.3. The summed E-state index contributed by atoms with van der Waals surface area (Å²) in [5, 5.41) is 15.6. The van der Waals surface area contributed by atoms with Crippen LogP contribution in [0.25, 0.3) is 0 Å². The van der Waals surface area contributed by atoms with Crippen molar-refractivity contribution in [3.05, 3.63) is 29.8 Å². The number of hydrogen-bond acceptors (Lipinski definition) is 4. The number of benzene rings is 1. The molecule has 6 nitrogen and oxygen atoms in total. The monoisotopic (exact) mass is 345 g/mol. The fraction of sp³-hybridized carbons (Fsp3) is 0.579. The molecule has 1 aromatic carbocycles. The van der Waals surface area contributed by atoms with Gasteiger partial charge in [-0.3, -0.25) is 9.59 Å². The van der Waals surface area contributed by atoms with Crippen LogP contribution in [-0.4, -0.2) is 53.1 Å². The van der Waals surface area contributed by atoms with E-state index >= 15 is 0 Å². The van der Waals surface area contributed by atoms with Gasteiger partial charge in [0, 0.05) is 25.4 Å². The number of aliphatic hydroxyl groups excluding tert-OH is 1. The second-order valence-corrected chi connectivity index (χ2v) is 7.10. The van der Waals surface area contributed by atoms with Crippen LogP contribution in [0.3, 0.4) is 0 Å². The van der Waals surface area contributed by atoms with Crippen LogP contribution < -0.4 is 10.6 Å². The Kier molecular flexibility index (Phi) is 5.27. The van der Waals surface area contributed by atoms with E-state index in [1.54, 1.807) is 4.90 Å². The van der Waals surface area contributed by atoms with Gasteiger partial charge in [-0.1, -0.05) is 30.5 Å². The molecule has 0 aromatic heterocycles. The number of carbonyl (C=O) groups excluding carboxylic acids is 2. The first-order valence-electron chi connectivity index (χ1n) is 9.10. The minimum Gasteiger partial charge on any atom is -0.396 e. The Morgan fingerprint density at radius 3 is 2.64 bits per heavy atom. The summed E-state index contributed by atoms with van der Waals surface area (Å²) in [6.45, 7) is 2.88. The number of nitrogens with one attached hydrogen (secondary N) is 2. The van der Waals surface area contributed by atoms with Gasteiger partial charge in [-0.25, -0.2) is 0 Å². The van der Waals surface area contributed by atoms with E-state index in [2.05, 4.69) is 10.6 Å². The zero-order chi connectivity index (χ0) is 17.9. The SMILES string of the molecule is Cc1ccc(NC2(C(=O)N3CCNC(=O)[C@@H]3CCO)CCCC2)cc1. The molecule has 1 aliphatic carbocycles. The molecular formula is C19H27N3O3. The highest BCUT2D eigenvalue weighted by Gasteiger charge is 2.46. The summed E-state index contributed by atoms with van der Waals surface area (Å²) in [4.78, 5) is 27.3. The van der Waals surface area contributed by atoms with Crippen molar-refractivity contribution < 1.29 is 14.7 Å². The quantitative estimate of drug-likeness (QED) is 0.754. The molecule has 0 radical (unpaired) electrons. The number of anilines is 1. The number of rotatable bonds is 5. The molecule has 3 N–H and O–H groups in total. The third kappa shape index (κ3) is 3.63. The Morgan fingerprint density at radius 2 is 2.00 bits per heavy atom. The lowest BCUT2D eigenvalue weighted by Crippen LogP contribution is -2.63. The molecule has 1 atom stereocenters. The number of carbonyl (C=O) groups is 2. The van der Waals surface area contributed by atoms with Gasteiger partial charge < -0.3 is 20.6 Å². The van der Waals surface area contributed by atoms with Crippen LogP contribution in [0.15, 0.2) is 24.3 Å². The van der Waals surface area contributed by atoms with Crippen LogP contribution >= 0.6 is 0 Å². The van der Waals surface area contributed by atoms with Crippen LogP contribution in [0.2, 0.25) is 0 Å². The van der Waals surface area contributed by atoms with Gasteiger partial charge in [0.05, 0.1) is 0 Å². The molecule has 1 saturated carbocycles. The number of amides is 2. The standard InChI is InChI=1S/C19H27N3O3/c1-14-4-6-15(7-5-14)21-19(9-2-3-10-19)18(25)22-12-11-20-17(24)16(22)8-13-23/h4-7,16,21,23H,2-3,8-13H2,1H3,(H,20,24)/t16-/m0/s1. The first-order valence-corrected chi connectivity index (χ1v) is 9.10. The molecule has 2 aliphatic rings. The number of aliphatic hydroxyl groups is 1. The summed E-state index contributed by atoms with van der Waals surface area (Å²) >= 11 is 0. The highest BCUT2D eigenvalue weighted by Crippen LogP contribution is 2.36. The number of nitrogens with zero attached hydrogens (tertiary/aromatic N) is 1. The van der Waals surface area contributed by atoms with Gasteiger partial charge in [0.1, 0.15) is 11.6 Å². The van der Waals surface area contributed by atoms with Gasteiger partial charge in [0.2, 0.25) is 11.8 Å². The van der Waals surface area contributed by atoms with E-state index in [0.29, 0.717) is 13.1 Å². The summed E-state index contributed by atoms with van der Waals surface area (Å²) in [6.07, 6.45) is 3.80. The Hall–Kier alpha value is -2.08. The minimum atomic E-state index is -0.652. The van der Waals surface area contributed by atoms with Crippen LogP contribution in [0.5, 0.6) is 0 Å². The van der Waals surface area contributed by atoms with E-state index < -0.39 is 11.6 Å².